The molecule has 0 bridgehead atoms. The van der Waals surface area contributed by atoms with Gasteiger partial charge >= 0.3 is 0 Å². The number of ether oxygens (including phenoxy) is 1. The van der Waals surface area contributed by atoms with Crippen molar-refractivity contribution in [3.63, 3.8) is 0 Å². The summed E-state index contributed by atoms with van der Waals surface area (Å²) in [4.78, 5) is 26.8. The fourth-order valence-electron chi connectivity index (χ4n) is 1.23. The number of hydrogen-bond acceptors (Lipinski definition) is 4. The van der Waals surface area contributed by atoms with E-state index in [4.69, 9.17) is 4.74 Å². The molecule has 1 rings (SSSR count). The van der Waals surface area contributed by atoms with Crippen molar-refractivity contribution in [2.24, 2.45) is 0 Å². The molecule has 0 fully saturated rings. The number of aromatic nitrogens is 1. The lowest BCUT2D eigenvalue weighted by molar-refractivity contribution is -0.119. The SMILES string of the molecule is CCOCCC(=O)CC(=O)c1cccnc1. The number of hydrogen-bond donors (Lipinski definition) is 0. The number of ketones is 2. The van der Waals surface area contributed by atoms with Crippen LogP contribution in [0.15, 0.2) is 24.5 Å². The van der Waals surface area contributed by atoms with E-state index in [1.807, 2.05) is 6.92 Å². The van der Waals surface area contributed by atoms with Gasteiger partial charge in [0.1, 0.15) is 5.78 Å². The molecule has 0 radical (unpaired) electrons. The maximum absolute atomic E-state index is 11.6. The number of Topliss-reactive ketones (excluding diaryl/α,β-unsaturated/α-hetero) is 2. The highest BCUT2D eigenvalue weighted by molar-refractivity contribution is 6.07. The van der Waals surface area contributed by atoms with Gasteiger partial charge in [-0.3, -0.25) is 14.6 Å². The normalized spacial score (nSPS) is 10.1. The lowest BCUT2D eigenvalue weighted by Gasteiger charge is -2.01. The van der Waals surface area contributed by atoms with E-state index in [0.29, 0.717) is 25.2 Å². The van der Waals surface area contributed by atoms with Crippen LogP contribution >= 0.6 is 0 Å². The van der Waals surface area contributed by atoms with Crippen LogP contribution in [0.3, 0.4) is 0 Å². The highest BCUT2D eigenvalue weighted by atomic mass is 16.5. The van der Waals surface area contributed by atoms with Crippen molar-refractivity contribution >= 4 is 11.6 Å². The van der Waals surface area contributed by atoms with E-state index in [2.05, 4.69) is 4.98 Å². The number of carbonyl (C=O) groups is 2. The highest BCUT2D eigenvalue weighted by Crippen LogP contribution is 2.03. The van der Waals surface area contributed by atoms with Gasteiger partial charge in [-0.2, -0.15) is 0 Å². The quantitative estimate of drug-likeness (QED) is 0.399. The van der Waals surface area contributed by atoms with E-state index in [1.165, 1.54) is 6.20 Å². The number of pyridine rings is 1. The monoisotopic (exact) mass is 221 g/mol. The minimum absolute atomic E-state index is 0.0707. The summed E-state index contributed by atoms with van der Waals surface area (Å²) >= 11 is 0. The van der Waals surface area contributed by atoms with Crippen molar-refractivity contribution in [1.82, 2.24) is 4.98 Å². The molecule has 0 aliphatic heterocycles. The molecule has 0 spiro atoms. The molecule has 1 aromatic rings. The fraction of sp³-hybridized carbons (Fsp3) is 0.417. The van der Waals surface area contributed by atoms with E-state index in [-0.39, 0.29) is 18.0 Å². The van der Waals surface area contributed by atoms with Crippen LogP contribution in [0.4, 0.5) is 0 Å². The average Bonchev–Trinajstić information content (AvgIpc) is 2.30. The minimum atomic E-state index is -0.186. The average molecular weight is 221 g/mol. The van der Waals surface area contributed by atoms with Gasteiger partial charge in [-0.15, -0.1) is 0 Å². The molecule has 0 saturated carbocycles. The van der Waals surface area contributed by atoms with Gasteiger partial charge in [0.25, 0.3) is 0 Å². The van der Waals surface area contributed by atoms with Crippen molar-refractivity contribution in [3.8, 4) is 0 Å². The van der Waals surface area contributed by atoms with Gasteiger partial charge in [0, 0.05) is 31.0 Å². The Morgan fingerprint density at radius 1 is 1.44 bits per heavy atom. The van der Waals surface area contributed by atoms with Gasteiger partial charge in [0.05, 0.1) is 13.0 Å². The van der Waals surface area contributed by atoms with Gasteiger partial charge in [-0.05, 0) is 19.1 Å². The molecular weight excluding hydrogens is 206 g/mol. The molecule has 0 N–H and O–H groups in total. The third-order valence-electron chi connectivity index (χ3n) is 2.07. The Bertz CT molecular complexity index is 349. The van der Waals surface area contributed by atoms with Gasteiger partial charge in [0.15, 0.2) is 5.78 Å². The Morgan fingerprint density at radius 3 is 2.88 bits per heavy atom. The van der Waals surface area contributed by atoms with Crippen LogP contribution in [-0.4, -0.2) is 29.8 Å². The van der Waals surface area contributed by atoms with Crippen molar-refractivity contribution in [1.29, 1.82) is 0 Å². The standard InChI is InChI=1S/C12H15NO3/c1-2-16-7-5-11(14)8-12(15)10-4-3-6-13-9-10/h3-4,6,9H,2,5,7-8H2,1H3. The second-order valence-electron chi connectivity index (χ2n) is 3.33. The summed E-state index contributed by atoms with van der Waals surface area (Å²) in [5.74, 6) is -0.281. The van der Waals surface area contributed by atoms with Crippen LogP contribution in [0.2, 0.25) is 0 Å². The maximum atomic E-state index is 11.6. The number of rotatable bonds is 7. The molecule has 0 amide bonds. The fourth-order valence-corrected chi connectivity index (χ4v) is 1.23. The Kier molecular flexibility index (Phi) is 5.36. The second kappa shape index (κ2) is 6.85. The van der Waals surface area contributed by atoms with E-state index in [9.17, 15) is 9.59 Å². The first-order chi connectivity index (χ1) is 7.74. The molecule has 86 valence electrons. The zero-order chi connectivity index (χ0) is 11.8. The van der Waals surface area contributed by atoms with E-state index in [1.54, 1.807) is 18.3 Å². The minimum Gasteiger partial charge on any atom is -0.381 e. The first-order valence-electron chi connectivity index (χ1n) is 5.26. The summed E-state index contributed by atoms with van der Waals surface area (Å²) in [5, 5.41) is 0. The van der Waals surface area contributed by atoms with E-state index < -0.39 is 0 Å². The van der Waals surface area contributed by atoms with Crippen LogP contribution < -0.4 is 0 Å². The van der Waals surface area contributed by atoms with Crippen molar-refractivity contribution < 1.29 is 14.3 Å². The molecule has 0 atom stereocenters. The van der Waals surface area contributed by atoms with Crippen LogP contribution in [-0.2, 0) is 9.53 Å². The van der Waals surface area contributed by atoms with Gasteiger partial charge in [-0.1, -0.05) is 0 Å². The second-order valence-corrected chi connectivity index (χ2v) is 3.33. The predicted octanol–water partition coefficient (Wildman–Crippen LogP) is 1.65. The molecular formula is C12H15NO3. The molecule has 0 unspecified atom stereocenters. The highest BCUT2D eigenvalue weighted by Gasteiger charge is 2.11. The summed E-state index contributed by atoms with van der Waals surface area (Å²) in [6.07, 6.45) is 3.28. The van der Waals surface area contributed by atoms with Gasteiger partial charge in [-0.25, -0.2) is 0 Å². The summed E-state index contributed by atoms with van der Waals surface area (Å²) < 4.78 is 5.05. The van der Waals surface area contributed by atoms with Crippen LogP contribution in [0.25, 0.3) is 0 Å². The summed E-state index contributed by atoms with van der Waals surface area (Å²) in [6.45, 7) is 2.84. The smallest absolute Gasteiger partial charge is 0.171 e. The number of carbonyl (C=O) groups excluding carboxylic acids is 2. The third kappa shape index (κ3) is 4.31. The molecule has 1 aromatic heterocycles. The van der Waals surface area contributed by atoms with Crippen molar-refractivity contribution in [3.05, 3.63) is 30.1 Å². The summed E-state index contributed by atoms with van der Waals surface area (Å²) in [5.41, 5.74) is 0.479. The Balaban J connectivity index is 2.37. The first-order valence-corrected chi connectivity index (χ1v) is 5.26. The molecule has 16 heavy (non-hydrogen) atoms. The number of nitrogens with zero attached hydrogens (tertiary/aromatic N) is 1. The zero-order valence-electron chi connectivity index (χ0n) is 9.31. The summed E-state index contributed by atoms with van der Waals surface area (Å²) in [7, 11) is 0. The Morgan fingerprint density at radius 2 is 2.25 bits per heavy atom. The summed E-state index contributed by atoms with van der Waals surface area (Å²) in [6, 6.07) is 3.34. The van der Waals surface area contributed by atoms with E-state index in [0.717, 1.165) is 0 Å². The molecule has 0 saturated heterocycles. The maximum Gasteiger partial charge on any atom is 0.171 e. The van der Waals surface area contributed by atoms with Crippen molar-refractivity contribution in [2.75, 3.05) is 13.2 Å². The Hall–Kier alpha value is -1.55. The molecule has 0 aliphatic rings. The Labute approximate surface area is 94.6 Å². The molecule has 1 heterocycles. The first kappa shape index (κ1) is 12.5. The lowest BCUT2D eigenvalue weighted by Crippen LogP contribution is -2.10. The molecule has 4 nitrogen and oxygen atoms in total. The molecule has 0 aliphatic carbocycles. The predicted molar refractivity (Wildman–Crippen MR) is 59.3 cm³/mol. The zero-order valence-corrected chi connectivity index (χ0v) is 9.31. The molecule has 4 heteroatoms. The molecule has 0 aromatic carbocycles. The largest absolute Gasteiger partial charge is 0.381 e. The topological polar surface area (TPSA) is 56.3 Å². The van der Waals surface area contributed by atoms with Gasteiger partial charge < -0.3 is 4.74 Å². The van der Waals surface area contributed by atoms with Gasteiger partial charge in [0.2, 0.25) is 0 Å². The lowest BCUT2D eigenvalue weighted by atomic mass is 10.1. The van der Waals surface area contributed by atoms with Crippen molar-refractivity contribution in [2.45, 2.75) is 19.8 Å². The van der Waals surface area contributed by atoms with E-state index >= 15 is 0 Å². The van der Waals surface area contributed by atoms with Crippen LogP contribution in [0.1, 0.15) is 30.1 Å². The van der Waals surface area contributed by atoms with Crippen LogP contribution in [0.5, 0.6) is 0 Å². The van der Waals surface area contributed by atoms with Crippen LogP contribution in [0, 0.1) is 0 Å². The third-order valence-corrected chi connectivity index (χ3v) is 2.07.